The molecule has 18 heavy (non-hydrogen) atoms. The van der Waals surface area contributed by atoms with Gasteiger partial charge >= 0.3 is 0 Å². The second-order valence-electron chi connectivity index (χ2n) is 4.97. The van der Waals surface area contributed by atoms with Gasteiger partial charge in [0, 0.05) is 17.8 Å². The molecule has 98 valence electrons. The fourth-order valence-electron chi connectivity index (χ4n) is 3.17. The quantitative estimate of drug-likeness (QED) is 0.764. The van der Waals surface area contributed by atoms with E-state index in [4.69, 9.17) is 16.3 Å². The summed E-state index contributed by atoms with van der Waals surface area (Å²) in [6.45, 7) is 1.55. The maximum Gasteiger partial charge on any atom is 0.129 e. The van der Waals surface area contributed by atoms with Gasteiger partial charge in [-0.2, -0.15) is 0 Å². The fourth-order valence-corrected chi connectivity index (χ4v) is 3.44. The largest absolute Gasteiger partial charge is 0.374 e. The van der Waals surface area contributed by atoms with Crippen molar-refractivity contribution in [2.75, 3.05) is 18.1 Å². The van der Waals surface area contributed by atoms with Gasteiger partial charge in [-0.25, -0.2) is 4.39 Å². The molecule has 0 amide bonds. The van der Waals surface area contributed by atoms with Gasteiger partial charge < -0.3 is 9.64 Å². The van der Waals surface area contributed by atoms with Crippen LogP contribution in [0.5, 0.6) is 0 Å². The summed E-state index contributed by atoms with van der Waals surface area (Å²) in [5, 5.41) is 0. The second kappa shape index (κ2) is 5.06. The molecule has 1 saturated heterocycles. The third-order valence-electron chi connectivity index (χ3n) is 4.02. The van der Waals surface area contributed by atoms with Gasteiger partial charge in [0.05, 0.1) is 24.6 Å². The van der Waals surface area contributed by atoms with Gasteiger partial charge in [-0.3, -0.25) is 0 Å². The number of nitrogens with zero attached hydrogens (tertiary/aromatic N) is 1. The van der Waals surface area contributed by atoms with Crippen molar-refractivity contribution >= 4 is 17.3 Å². The Labute approximate surface area is 112 Å². The van der Waals surface area contributed by atoms with Crippen LogP contribution in [0.2, 0.25) is 0 Å². The lowest BCUT2D eigenvalue weighted by atomic mass is 10.1. The van der Waals surface area contributed by atoms with E-state index < -0.39 is 0 Å². The third-order valence-corrected chi connectivity index (χ3v) is 4.29. The van der Waals surface area contributed by atoms with E-state index in [1.54, 1.807) is 6.07 Å². The molecule has 1 aliphatic heterocycles. The summed E-state index contributed by atoms with van der Waals surface area (Å²) in [6, 6.07) is 5.61. The smallest absolute Gasteiger partial charge is 0.129 e. The van der Waals surface area contributed by atoms with Crippen molar-refractivity contribution in [3.8, 4) is 0 Å². The molecule has 2 atom stereocenters. The number of halogens is 2. The molecule has 1 aromatic carbocycles. The summed E-state index contributed by atoms with van der Waals surface area (Å²) < 4.78 is 19.6. The second-order valence-corrected chi connectivity index (χ2v) is 5.24. The minimum Gasteiger partial charge on any atom is -0.374 e. The minimum atomic E-state index is -0.205. The third kappa shape index (κ3) is 1.99. The summed E-state index contributed by atoms with van der Waals surface area (Å²) in [4.78, 5) is 2.29. The van der Waals surface area contributed by atoms with Crippen LogP contribution in [0, 0.1) is 5.82 Å². The van der Waals surface area contributed by atoms with Crippen molar-refractivity contribution in [1.29, 1.82) is 0 Å². The van der Waals surface area contributed by atoms with E-state index in [1.165, 1.54) is 12.5 Å². The Morgan fingerprint density at radius 2 is 2.28 bits per heavy atom. The standard InChI is InChI=1S/C14H17ClFNO/c15-9-10-11(16)3-1-4-12(10)17-7-8-18-14-6-2-5-13(14)17/h1,3-4,13-14H,2,5-9H2. The lowest BCUT2D eigenvalue weighted by Gasteiger charge is -2.40. The highest BCUT2D eigenvalue weighted by molar-refractivity contribution is 6.17. The lowest BCUT2D eigenvalue weighted by Crippen LogP contribution is -2.49. The highest BCUT2D eigenvalue weighted by atomic mass is 35.5. The predicted molar refractivity (Wildman–Crippen MR) is 70.7 cm³/mol. The monoisotopic (exact) mass is 269 g/mol. The van der Waals surface area contributed by atoms with E-state index in [2.05, 4.69) is 4.90 Å². The molecule has 2 nitrogen and oxygen atoms in total. The molecule has 0 radical (unpaired) electrons. The first-order valence-corrected chi connectivity index (χ1v) is 7.06. The van der Waals surface area contributed by atoms with Crippen LogP contribution in [-0.2, 0) is 10.6 Å². The van der Waals surface area contributed by atoms with Gasteiger partial charge in [0.2, 0.25) is 0 Å². The summed E-state index contributed by atoms with van der Waals surface area (Å²) in [6.07, 6.45) is 3.75. The van der Waals surface area contributed by atoms with Gasteiger partial charge in [-0.05, 0) is 31.4 Å². The number of hydrogen-bond donors (Lipinski definition) is 0. The molecule has 1 aromatic rings. The van der Waals surface area contributed by atoms with Crippen LogP contribution in [0.3, 0.4) is 0 Å². The van der Waals surface area contributed by atoms with Crippen molar-refractivity contribution in [3.63, 3.8) is 0 Å². The van der Waals surface area contributed by atoms with E-state index >= 15 is 0 Å². The molecule has 2 aliphatic rings. The van der Waals surface area contributed by atoms with Crippen LogP contribution < -0.4 is 4.90 Å². The van der Waals surface area contributed by atoms with Gasteiger partial charge in [-0.15, -0.1) is 11.6 Å². The zero-order valence-corrected chi connectivity index (χ0v) is 11.0. The molecule has 1 heterocycles. The van der Waals surface area contributed by atoms with E-state index in [9.17, 15) is 4.39 Å². The molecule has 2 fully saturated rings. The predicted octanol–water partition coefficient (Wildman–Crippen LogP) is 3.32. The summed E-state index contributed by atoms with van der Waals surface area (Å²) in [5.41, 5.74) is 1.57. The molecule has 0 N–H and O–H groups in total. The Morgan fingerprint density at radius 1 is 1.39 bits per heavy atom. The Bertz CT molecular complexity index is 440. The van der Waals surface area contributed by atoms with Crippen LogP contribution in [0.1, 0.15) is 24.8 Å². The normalized spacial score (nSPS) is 27.3. The fraction of sp³-hybridized carbons (Fsp3) is 0.571. The average Bonchev–Trinajstić information content (AvgIpc) is 2.86. The molecule has 0 spiro atoms. The molecule has 0 aromatic heterocycles. The molecular weight excluding hydrogens is 253 g/mol. The van der Waals surface area contributed by atoms with Crippen LogP contribution in [0.4, 0.5) is 10.1 Å². The van der Waals surface area contributed by atoms with Crippen LogP contribution in [0.25, 0.3) is 0 Å². The van der Waals surface area contributed by atoms with Crippen LogP contribution >= 0.6 is 11.6 Å². The number of benzene rings is 1. The minimum absolute atomic E-state index is 0.205. The Hall–Kier alpha value is -0.800. The van der Waals surface area contributed by atoms with Crippen molar-refractivity contribution < 1.29 is 9.13 Å². The van der Waals surface area contributed by atoms with Gasteiger partial charge in [0.1, 0.15) is 5.82 Å². The lowest BCUT2D eigenvalue weighted by molar-refractivity contribution is 0.0255. The topological polar surface area (TPSA) is 12.5 Å². The highest BCUT2D eigenvalue weighted by Gasteiger charge is 2.36. The van der Waals surface area contributed by atoms with Crippen molar-refractivity contribution in [3.05, 3.63) is 29.6 Å². The van der Waals surface area contributed by atoms with E-state index in [-0.39, 0.29) is 11.7 Å². The molecule has 2 unspecified atom stereocenters. The molecule has 1 aliphatic carbocycles. The van der Waals surface area contributed by atoms with Gasteiger partial charge in [-0.1, -0.05) is 6.07 Å². The summed E-state index contributed by atoms with van der Waals surface area (Å²) in [5.74, 6) is 0.0139. The van der Waals surface area contributed by atoms with E-state index in [1.807, 2.05) is 6.07 Å². The maximum atomic E-state index is 13.8. The molecule has 1 saturated carbocycles. The average molecular weight is 270 g/mol. The number of alkyl halides is 1. The molecule has 4 heteroatoms. The van der Waals surface area contributed by atoms with Crippen LogP contribution in [-0.4, -0.2) is 25.3 Å². The van der Waals surface area contributed by atoms with Gasteiger partial charge in [0.25, 0.3) is 0 Å². The first-order valence-electron chi connectivity index (χ1n) is 6.53. The molecular formula is C14H17ClFNO. The maximum absolute atomic E-state index is 13.8. The number of rotatable bonds is 2. The number of hydrogen-bond acceptors (Lipinski definition) is 2. The Kier molecular flexibility index (Phi) is 3.44. The number of morpholine rings is 1. The Balaban J connectivity index is 1.96. The Morgan fingerprint density at radius 3 is 3.11 bits per heavy atom. The van der Waals surface area contributed by atoms with Gasteiger partial charge in [0.15, 0.2) is 0 Å². The summed E-state index contributed by atoms with van der Waals surface area (Å²) >= 11 is 5.90. The zero-order chi connectivity index (χ0) is 12.5. The SMILES string of the molecule is Fc1cccc(N2CCOC3CCCC32)c1CCl. The van der Waals surface area contributed by atoms with Crippen molar-refractivity contribution in [2.24, 2.45) is 0 Å². The summed E-state index contributed by atoms with van der Waals surface area (Å²) in [7, 11) is 0. The number of fused-ring (bicyclic) bond motifs is 1. The first-order chi connectivity index (χ1) is 8.81. The number of anilines is 1. The van der Waals surface area contributed by atoms with E-state index in [0.717, 1.165) is 31.7 Å². The zero-order valence-electron chi connectivity index (χ0n) is 10.2. The number of ether oxygens (including phenoxy) is 1. The molecule has 3 rings (SSSR count). The highest BCUT2D eigenvalue weighted by Crippen LogP contribution is 2.35. The van der Waals surface area contributed by atoms with E-state index in [0.29, 0.717) is 17.7 Å². The first kappa shape index (κ1) is 12.2. The van der Waals surface area contributed by atoms with Crippen molar-refractivity contribution in [2.45, 2.75) is 37.3 Å². The van der Waals surface area contributed by atoms with Crippen LogP contribution in [0.15, 0.2) is 18.2 Å². The molecule has 0 bridgehead atoms. The van der Waals surface area contributed by atoms with Crippen molar-refractivity contribution in [1.82, 2.24) is 0 Å².